The number of likely N-dealkylation sites (N-methyl/N-ethyl adjacent to an activating group) is 1. The molecule has 47 heavy (non-hydrogen) atoms. The maximum Gasteiger partial charge on any atom is 0.362 e. The number of hydrogen-bond acceptors (Lipinski definition) is 6. The average molecular weight is 661 g/mol. The summed E-state index contributed by atoms with van der Waals surface area (Å²) < 4.78 is 17.0. The Hall–Kier alpha value is -2.97. The van der Waals surface area contributed by atoms with Crippen LogP contribution in [0.5, 0.6) is 0 Å². The lowest BCUT2D eigenvalue weighted by molar-refractivity contribution is -0.887. The van der Waals surface area contributed by atoms with Gasteiger partial charge in [-0.3, -0.25) is 9.59 Å². The summed E-state index contributed by atoms with van der Waals surface area (Å²) in [5.41, 5.74) is 0. The van der Waals surface area contributed by atoms with E-state index in [-0.39, 0.29) is 42.7 Å². The van der Waals surface area contributed by atoms with Gasteiger partial charge in [0.25, 0.3) is 0 Å². The Balaban J connectivity index is 4.53. The van der Waals surface area contributed by atoms with Crippen molar-refractivity contribution in [1.29, 1.82) is 0 Å². The number of carboxylic acids is 1. The van der Waals surface area contributed by atoms with Crippen LogP contribution >= 0.6 is 0 Å². The number of aliphatic carboxylic acids is 1. The summed E-state index contributed by atoms with van der Waals surface area (Å²) in [7, 11) is 5.48. The molecule has 0 heterocycles. The zero-order valence-corrected chi connectivity index (χ0v) is 30.2. The molecular weight excluding hydrogens is 594 g/mol. The number of quaternary nitrogens is 1. The van der Waals surface area contributed by atoms with Crippen molar-refractivity contribution in [1.82, 2.24) is 0 Å². The van der Waals surface area contributed by atoms with Crippen molar-refractivity contribution in [2.75, 3.05) is 41.0 Å². The molecule has 0 amide bonds. The van der Waals surface area contributed by atoms with Crippen LogP contribution in [0.1, 0.15) is 117 Å². The van der Waals surface area contributed by atoms with E-state index in [1.807, 2.05) is 57.6 Å². The highest BCUT2D eigenvalue weighted by atomic mass is 16.6. The summed E-state index contributed by atoms with van der Waals surface area (Å²) in [5.74, 6) is -1.58. The minimum atomic E-state index is -0.888. The second kappa shape index (κ2) is 30.4. The Kier molecular flexibility index (Phi) is 28.4. The lowest BCUT2D eigenvalue weighted by Crippen LogP contribution is -2.50. The molecule has 0 aromatic heterocycles. The Labute approximate surface area is 286 Å². The van der Waals surface area contributed by atoms with Crippen LogP contribution in [-0.4, -0.2) is 80.6 Å². The van der Waals surface area contributed by atoms with E-state index in [1.54, 1.807) is 0 Å². The highest BCUT2D eigenvalue weighted by Gasteiger charge is 2.31. The van der Waals surface area contributed by atoms with Crippen molar-refractivity contribution in [3.63, 3.8) is 0 Å². The van der Waals surface area contributed by atoms with Gasteiger partial charge in [0.1, 0.15) is 6.61 Å². The third-order valence-corrected chi connectivity index (χ3v) is 7.51. The van der Waals surface area contributed by atoms with E-state index in [0.29, 0.717) is 19.3 Å². The molecule has 8 heteroatoms. The molecule has 0 aliphatic rings. The van der Waals surface area contributed by atoms with Crippen molar-refractivity contribution in [3.8, 4) is 0 Å². The lowest BCUT2D eigenvalue weighted by Gasteiger charge is -2.31. The van der Waals surface area contributed by atoms with Crippen LogP contribution in [0.25, 0.3) is 0 Å². The summed E-state index contributed by atoms with van der Waals surface area (Å²) in [6, 6.07) is -0.623. The first-order valence-electron chi connectivity index (χ1n) is 17.9. The number of rotatable bonds is 30. The topological polar surface area (TPSA) is 99.1 Å². The first-order chi connectivity index (χ1) is 22.6. The van der Waals surface area contributed by atoms with Crippen LogP contribution in [0.4, 0.5) is 0 Å². The second-order valence-corrected chi connectivity index (χ2v) is 12.8. The van der Waals surface area contributed by atoms with Crippen molar-refractivity contribution < 1.29 is 38.2 Å². The van der Waals surface area contributed by atoms with Crippen LogP contribution in [0.2, 0.25) is 0 Å². The Morgan fingerprint density at radius 2 is 1.26 bits per heavy atom. The van der Waals surface area contributed by atoms with Crippen molar-refractivity contribution in [2.45, 2.75) is 129 Å². The zero-order chi connectivity index (χ0) is 35.0. The van der Waals surface area contributed by atoms with Crippen LogP contribution in [0.15, 0.2) is 60.8 Å². The first-order valence-corrected chi connectivity index (χ1v) is 17.9. The predicted molar refractivity (Wildman–Crippen MR) is 192 cm³/mol. The first kappa shape index (κ1) is 44.0. The van der Waals surface area contributed by atoms with Crippen molar-refractivity contribution >= 4 is 17.9 Å². The molecule has 268 valence electrons. The Bertz CT molecular complexity index is 959. The van der Waals surface area contributed by atoms with E-state index in [1.165, 1.54) is 19.3 Å². The van der Waals surface area contributed by atoms with Crippen LogP contribution < -0.4 is 0 Å². The van der Waals surface area contributed by atoms with E-state index >= 15 is 0 Å². The van der Waals surface area contributed by atoms with Gasteiger partial charge >= 0.3 is 17.9 Å². The quantitative estimate of drug-likeness (QED) is 0.0271. The third-order valence-electron chi connectivity index (χ3n) is 7.51. The average Bonchev–Trinajstić information content (AvgIpc) is 3.01. The van der Waals surface area contributed by atoms with Crippen LogP contribution in [0, 0.1) is 0 Å². The molecule has 0 spiro atoms. The Morgan fingerprint density at radius 3 is 1.91 bits per heavy atom. The van der Waals surface area contributed by atoms with Gasteiger partial charge in [0.2, 0.25) is 0 Å². The van der Waals surface area contributed by atoms with Gasteiger partial charge in [0.15, 0.2) is 12.1 Å². The number of carboxylic acid groups (broad SMARTS) is 1. The number of allylic oxidation sites excluding steroid dienone is 10. The van der Waals surface area contributed by atoms with Gasteiger partial charge < -0.3 is 23.8 Å². The summed E-state index contributed by atoms with van der Waals surface area (Å²) in [5, 5.41) is 9.55. The highest BCUT2D eigenvalue weighted by Crippen LogP contribution is 2.12. The number of hydrogen-bond donors (Lipinski definition) is 1. The van der Waals surface area contributed by atoms with Gasteiger partial charge in [-0.25, -0.2) is 4.79 Å². The maximum absolute atomic E-state index is 12.6. The van der Waals surface area contributed by atoms with Gasteiger partial charge in [-0.2, -0.15) is 0 Å². The molecule has 0 aliphatic heterocycles. The molecule has 0 saturated carbocycles. The summed E-state index contributed by atoms with van der Waals surface area (Å²) in [6.07, 6.45) is 34.3. The molecule has 0 aromatic carbocycles. The lowest BCUT2D eigenvalue weighted by atomic mass is 10.1. The molecule has 0 bridgehead atoms. The van der Waals surface area contributed by atoms with Gasteiger partial charge in [0, 0.05) is 19.3 Å². The maximum atomic E-state index is 12.6. The standard InChI is InChI=1S/C39H65NO7/c1-6-8-10-12-14-16-17-18-19-20-21-22-24-26-28-30-38(42)47-35(33-45-32-31-36(39(43)44)40(3,4)5)34-46-37(41)29-27-25-23-15-13-11-9-7-2/h8,10,12,14,16-19,23,25,35-36H,6-7,9,11,13,15,20-22,24,26-34H2,1-5H3/p+1/b10-8+,14-12+,17-16+,19-18+,25-23+. The molecule has 2 atom stereocenters. The van der Waals surface area contributed by atoms with Crippen molar-refractivity contribution in [2.24, 2.45) is 0 Å². The summed E-state index contributed by atoms with van der Waals surface area (Å²) in [4.78, 5) is 36.6. The molecule has 0 aliphatic carbocycles. The molecule has 8 nitrogen and oxygen atoms in total. The number of ether oxygens (including phenoxy) is 3. The minimum absolute atomic E-state index is 0.0368. The molecule has 0 saturated heterocycles. The number of nitrogens with zero attached hydrogens (tertiary/aromatic N) is 1. The number of carbonyl (C=O) groups is 3. The molecule has 2 unspecified atom stereocenters. The molecule has 0 fully saturated rings. The molecular formula is C39H66NO7+. The second-order valence-electron chi connectivity index (χ2n) is 12.8. The number of carbonyl (C=O) groups excluding carboxylic acids is 2. The fourth-order valence-electron chi connectivity index (χ4n) is 4.70. The highest BCUT2D eigenvalue weighted by molar-refractivity contribution is 5.72. The van der Waals surface area contributed by atoms with Gasteiger partial charge in [-0.1, -0.05) is 113 Å². The third kappa shape index (κ3) is 28.9. The summed E-state index contributed by atoms with van der Waals surface area (Å²) in [6.45, 7) is 4.45. The van der Waals surface area contributed by atoms with E-state index in [0.717, 1.165) is 57.8 Å². The van der Waals surface area contributed by atoms with Gasteiger partial charge in [-0.15, -0.1) is 0 Å². The summed E-state index contributed by atoms with van der Waals surface area (Å²) >= 11 is 0. The normalized spacial score (nSPS) is 13.8. The molecule has 0 rings (SSSR count). The van der Waals surface area contributed by atoms with E-state index in [9.17, 15) is 19.5 Å². The minimum Gasteiger partial charge on any atom is -0.477 e. The SMILES string of the molecule is CC/C=C/C=C/C=C/C=C/CCCCCCCC(=O)OC(COCCC(C(=O)O)[N+](C)(C)C)COC(=O)CC/C=C/CCCCCC. The van der Waals surface area contributed by atoms with Gasteiger partial charge in [0.05, 0.1) is 34.4 Å². The number of esters is 2. The van der Waals surface area contributed by atoms with E-state index in [2.05, 4.69) is 38.2 Å². The Morgan fingerprint density at radius 1 is 0.660 bits per heavy atom. The van der Waals surface area contributed by atoms with Gasteiger partial charge in [-0.05, 0) is 44.9 Å². The molecule has 0 aromatic rings. The molecule has 0 radical (unpaired) electrons. The number of unbranched alkanes of at least 4 members (excludes halogenated alkanes) is 9. The molecule has 1 N–H and O–H groups in total. The monoisotopic (exact) mass is 660 g/mol. The van der Waals surface area contributed by atoms with Crippen LogP contribution in [0.3, 0.4) is 0 Å². The predicted octanol–water partition coefficient (Wildman–Crippen LogP) is 8.68. The largest absolute Gasteiger partial charge is 0.477 e. The fraction of sp³-hybridized carbons (Fsp3) is 0.667. The van der Waals surface area contributed by atoms with Crippen LogP contribution in [-0.2, 0) is 28.6 Å². The van der Waals surface area contributed by atoms with E-state index < -0.39 is 18.1 Å². The fourth-order valence-corrected chi connectivity index (χ4v) is 4.70. The smallest absolute Gasteiger partial charge is 0.362 e. The zero-order valence-electron chi connectivity index (χ0n) is 30.2. The van der Waals surface area contributed by atoms with Crippen molar-refractivity contribution in [3.05, 3.63) is 60.8 Å². The van der Waals surface area contributed by atoms with E-state index in [4.69, 9.17) is 14.2 Å².